The summed E-state index contributed by atoms with van der Waals surface area (Å²) in [4.78, 5) is 11.2. The SMILES string of the molecule is CCOC(Cc1ccc(NCCCn2ccc3ccccc32)cc1)C(=O)O. The van der Waals surface area contributed by atoms with Crippen LogP contribution >= 0.6 is 0 Å². The Morgan fingerprint density at radius 3 is 2.67 bits per heavy atom. The molecule has 27 heavy (non-hydrogen) atoms. The van der Waals surface area contributed by atoms with Crippen LogP contribution in [0.4, 0.5) is 5.69 Å². The first-order valence-corrected chi connectivity index (χ1v) is 9.38. The van der Waals surface area contributed by atoms with Crippen molar-refractivity contribution in [1.82, 2.24) is 4.57 Å². The van der Waals surface area contributed by atoms with Crippen LogP contribution in [0, 0.1) is 0 Å². The molecule has 0 saturated carbocycles. The summed E-state index contributed by atoms with van der Waals surface area (Å²) in [6, 6.07) is 18.4. The fourth-order valence-electron chi connectivity index (χ4n) is 3.21. The summed E-state index contributed by atoms with van der Waals surface area (Å²) in [5.74, 6) is -0.920. The van der Waals surface area contributed by atoms with E-state index >= 15 is 0 Å². The van der Waals surface area contributed by atoms with Gasteiger partial charge in [0.15, 0.2) is 6.10 Å². The third-order valence-corrected chi connectivity index (χ3v) is 4.60. The molecule has 1 heterocycles. The van der Waals surface area contributed by atoms with Crippen molar-refractivity contribution in [2.45, 2.75) is 32.4 Å². The average molecular weight is 366 g/mol. The molecule has 5 heteroatoms. The van der Waals surface area contributed by atoms with Gasteiger partial charge in [-0.15, -0.1) is 0 Å². The van der Waals surface area contributed by atoms with Gasteiger partial charge in [-0.05, 0) is 48.6 Å². The summed E-state index contributed by atoms with van der Waals surface area (Å²) in [7, 11) is 0. The van der Waals surface area contributed by atoms with Crippen molar-refractivity contribution in [3.8, 4) is 0 Å². The number of nitrogens with zero attached hydrogens (tertiary/aromatic N) is 1. The fourth-order valence-corrected chi connectivity index (χ4v) is 3.21. The van der Waals surface area contributed by atoms with E-state index in [1.54, 1.807) is 6.92 Å². The van der Waals surface area contributed by atoms with Crippen LogP contribution in [0.15, 0.2) is 60.8 Å². The minimum atomic E-state index is -0.920. The molecule has 2 aromatic carbocycles. The number of carbonyl (C=O) groups is 1. The highest BCUT2D eigenvalue weighted by molar-refractivity contribution is 5.79. The Hall–Kier alpha value is -2.79. The highest BCUT2D eigenvalue weighted by Crippen LogP contribution is 2.16. The predicted octanol–water partition coefficient (Wildman–Crippen LogP) is 4.18. The van der Waals surface area contributed by atoms with Crippen molar-refractivity contribution in [3.63, 3.8) is 0 Å². The summed E-state index contributed by atoms with van der Waals surface area (Å²) in [6.45, 7) is 4.04. The first-order chi connectivity index (χ1) is 13.2. The van der Waals surface area contributed by atoms with Crippen LogP contribution in [0.5, 0.6) is 0 Å². The molecule has 1 aromatic heterocycles. The lowest BCUT2D eigenvalue weighted by Crippen LogP contribution is -2.26. The zero-order chi connectivity index (χ0) is 19.1. The standard InChI is InChI=1S/C22H26N2O3/c1-2-27-21(22(25)26)16-17-8-10-19(11-9-17)23-13-5-14-24-15-12-18-6-3-4-7-20(18)24/h3-4,6-12,15,21,23H,2,5,13-14,16H2,1H3,(H,25,26). The van der Waals surface area contributed by atoms with Crippen LogP contribution in [-0.4, -0.2) is 34.9 Å². The summed E-state index contributed by atoms with van der Waals surface area (Å²) >= 11 is 0. The van der Waals surface area contributed by atoms with E-state index in [1.807, 2.05) is 24.3 Å². The minimum Gasteiger partial charge on any atom is -0.479 e. The van der Waals surface area contributed by atoms with Gasteiger partial charge in [0, 0.05) is 43.5 Å². The highest BCUT2D eigenvalue weighted by atomic mass is 16.5. The highest BCUT2D eigenvalue weighted by Gasteiger charge is 2.17. The molecule has 0 spiro atoms. The second-order valence-electron chi connectivity index (χ2n) is 6.53. The smallest absolute Gasteiger partial charge is 0.333 e. The molecular weight excluding hydrogens is 340 g/mol. The number of hydrogen-bond donors (Lipinski definition) is 2. The zero-order valence-corrected chi connectivity index (χ0v) is 15.6. The zero-order valence-electron chi connectivity index (χ0n) is 15.6. The lowest BCUT2D eigenvalue weighted by Gasteiger charge is -2.13. The number of para-hydroxylation sites is 1. The van der Waals surface area contributed by atoms with Crippen LogP contribution in [-0.2, 0) is 22.5 Å². The van der Waals surface area contributed by atoms with Gasteiger partial charge >= 0.3 is 5.97 Å². The molecule has 0 bridgehead atoms. The molecule has 0 saturated heterocycles. The van der Waals surface area contributed by atoms with E-state index in [0.717, 1.165) is 30.8 Å². The van der Waals surface area contributed by atoms with Crippen molar-refractivity contribution in [2.24, 2.45) is 0 Å². The number of ether oxygens (including phenoxy) is 1. The van der Waals surface area contributed by atoms with Gasteiger partial charge in [-0.1, -0.05) is 30.3 Å². The van der Waals surface area contributed by atoms with Crippen molar-refractivity contribution in [3.05, 3.63) is 66.4 Å². The molecule has 0 fully saturated rings. The summed E-state index contributed by atoms with van der Waals surface area (Å²) in [5.41, 5.74) is 3.27. The number of anilines is 1. The second kappa shape index (κ2) is 9.24. The molecule has 3 aromatic rings. The number of rotatable bonds is 10. The van der Waals surface area contributed by atoms with Crippen LogP contribution in [0.3, 0.4) is 0 Å². The van der Waals surface area contributed by atoms with Gasteiger partial charge in [0.2, 0.25) is 0 Å². The molecule has 0 aliphatic heterocycles. The van der Waals surface area contributed by atoms with Crippen molar-refractivity contribution < 1.29 is 14.6 Å². The topological polar surface area (TPSA) is 63.5 Å². The molecule has 2 N–H and O–H groups in total. The van der Waals surface area contributed by atoms with Gasteiger partial charge in [-0.25, -0.2) is 4.79 Å². The summed E-state index contributed by atoms with van der Waals surface area (Å²) < 4.78 is 7.54. The Morgan fingerprint density at radius 2 is 1.93 bits per heavy atom. The minimum absolute atomic E-state index is 0.379. The maximum Gasteiger partial charge on any atom is 0.333 e. The summed E-state index contributed by atoms with van der Waals surface area (Å²) in [6.07, 6.45) is 2.75. The van der Waals surface area contributed by atoms with Gasteiger partial charge in [-0.2, -0.15) is 0 Å². The van der Waals surface area contributed by atoms with Gasteiger partial charge < -0.3 is 19.7 Å². The van der Waals surface area contributed by atoms with E-state index in [-0.39, 0.29) is 0 Å². The number of hydrogen-bond acceptors (Lipinski definition) is 3. The second-order valence-corrected chi connectivity index (χ2v) is 6.53. The van der Waals surface area contributed by atoms with Gasteiger partial charge in [0.05, 0.1) is 0 Å². The molecule has 142 valence electrons. The molecule has 0 amide bonds. The number of carboxylic acids is 1. The van der Waals surface area contributed by atoms with Crippen LogP contribution < -0.4 is 5.32 Å². The Labute approximate surface area is 159 Å². The van der Waals surface area contributed by atoms with E-state index in [0.29, 0.717) is 13.0 Å². The van der Waals surface area contributed by atoms with Gasteiger partial charge in [-0.3, -0.25) is 0 Å². The molecule has 0 aliphatic rings. The molecule has 5 nitrogen and oxygen atoms in total. The van der Waals surface area contributed by atoms with E-state index < -0.39 is 12.1 Å². The molecule has 0 radical (unpaired) electrons. The number of benzene rings is 2. The summed E-state index contributed by atoms with van der Waals surface area (Å²) in [5, 5.41) is 13.9. The van der Waals surface area contributed by atoms with Crippen molar-refractivity contribution >= 4 is 22.6 Å². The normalized spacial score (nSPS) is 12.2. The monoisotopic (exact) mass is 366 g/mol. The van der Waals surface area contributed by atoms with Gasteiger partial charge in [0.1, 0.15) is 0 Å². The Balaban J connectivity index is 1.46. The molecular formula is C22H26N2O3. The molecule has 0 aliphatic carbocycles. The van der Waals surface area contributed by atoms with Crippen LogP contribution in [0.2, 0.25) is 0 Å². The third kappa shape index (κ3) is 5.11. The van der Waals surface area contributed by atoms with Gasteiger partial charge in [0.25, 0.3) is 0 Å². The maximum absolute atomic E-state index is 11.2. The van der Waals surface area contributed by atoms with Crippen molar-refractivity contribution in [1.29, 1.82) is 0 Å². The Bertz CT molecular complexity index is 871. The average Bonchev–Trinajstić information content (AvgIpc) is 3.09. The van der Waals surface area contributed by atoms with E-state index in [2.05, 4.69) is 46.4 Å². The first-order valence-electron chi connectivity index (χ1n) is 9.38. The number of aryl methyl sites for hydroxylation is 1. The number of nitrogens with one attached hydrogen (secondary N) is 1. The lowest BCUT2D eigenvalue weighted by molar-refractivity contribution is -0.149. The third-order valence-electron chi connectivity index (χ3n) is 4.60. The quantitative estimate of drug-likeness (QED) is 0.529. The van der Waals surface area contributed by atoms with Crippen molar-refractivity contribution in [2.75, 3.05) is 18.5 Å². The molecule has 1 atom stereocenters. The predicted molar refractivity (Wildman–Crippen MR) is 108 cm³/mol. The molecule has 3 rings (SSSR count). The van der Waals surface area contributed by atoms with E-state index in [4.69, 9.17) is 9.84 Å². The Kier molecular flexibility index (Phi) is 6.49. The van der Waals surface area contributed by atoms with Crippen LogP contribution in [0.25, 0.3) is 10.9 Å². The number of aliphatic carboxylic acids is 1. The van der Waals surface area contributed by atoms with E-state index in [9.17, 15) is 4.79 Å². The first kappa shape index (κ1) is 19.0. The lowest BCUT2D eigenvalue weighted by atomic mass is 10.1. The number of carboxylic acid groups (broad SMARTS) is 1. The maximum atomic E-state index is 11.2. The largest absolute Gasteiger partial charge is 0.479 e. The van der Waals surface area contributed by atoms with Crippen LogP contribution in [0.1, 0.15) is 18.9 Å². The number of fused-ring (bicyclic) bond motifs is 1. The number of aromatic nitrogens is 1. The fraction of sp³-hybridized carbons (Fsp3) is 0.318. The Morgan fingerprint density at radius 1 is 1.15 bits per heavy atom. The van der Waals surface area contributed by atoms with E-state index in [1.165, 1.54) is 10.9 Å². The molecule has 1 unspecified atom stereocenters.